The molecule has 0 saturated carbocycles. The molecule has 1 saturated heterocycles. The Hall–Kier alpha value is -2.89. The molecule has 2 amide bonds. The Labute approximate surface area is 164 Å². The maximum Gasteiger partial charge on any atom is 0.253 e. The van der Waals surface area contributed by atoms with Crippen molar-refractivity contribution >= 4 is 11.8 Å². The maximum absolute atomic E-state index is 13.0. The number of hydrogen-bond donors (Lipinski definition) is 1. The molecule has 1 atom stereocenters. The van der Waals surface area contributed by atoms with E-state index in [-0.39, 0.29) is 17.6 Å². The number of hydrogen-bond acceptors (Lipinski definition) is 3. The molecule has 28 heavy (non-hydrogen) atoms. The fourth-order valence-corrected chi connectivity index (χ4v) is 3.48. The van der Waals surface area contributed by atoms with Crippen LogP contribution in [0.4, 0.5) is 4.39 Å². The van der Waals surface area contributed by atoms with Crippen molar-refractivity contribution in [1.82, 2.24) is 4.90 Å². The summed E-state index contributed by atoms with van der Waals surface area (Å²) in [4.78, 5) is 25.7. The van der Waals surface area contributed by atoms with Crippen molar-refractivity contribution < 1.29 is 18.7 Å². The van der Waals surface area contributed by atoms with Gasteiger partial charge in [0, 0.05) is 25.1 Å². The average molecular weight is 384 g/mol. The summed E-state index contributed by atoms with van der Waals surface area (Å²) in [5, 5.41) is 0. The number of primary amides is 1. The zero-order valence-corrected chi connectivity index (χ0v) is 15.8. The average Bonchev–Trinajstić information content (AvgIpc) is 2.72. The van der Waals surface area contributed by atoms with Crippen LogP contribution >= 0.6 is 0 Å². The Balaban J connectivity index is 1.59. The van der Waals surface area contributed by atoms with Gasteiger partial charge in [0.15, 0.2) is 0 Å². The number of piperidine rings is 1. The van der Waals surface area contributed by atoms with Gasteiger partial charge in [0.1, 0.15) is 18.2 Å². The lowest BCUT2D eigenvalue weighted by Gasteiger charge is -2.32. The van der Waals surface area contributed by atoms with Gasteiger partial charge in [-0.1, -0.05) is 18.2 Å². The second-order valence-corrected chi connectivity index (χ2v) is 7.21. The predicted molar refractivity (Wildman–Crippen MR) is 104 cm³/mol. The molecule has 2 aromatic carbocycles. The van der Waals surface area contributed by atoms with Crippen LogP contribution < -0.4 is 10.5 Å². The largest absolute Gasteiger partial charge is 0.489 e. The molecule has 6 heteroatoms. The van der Waals surface area contributed by atoms with E-state index in [0.29, 0.717) is 43.3 Å². The van der Waals surface area contributed by atoms with Crippen LogP contribution in [0.25, 0.3) is 0 Å². The van der Waals surface area contributed by atoms with Crippen LogP contribution in [0.3, 0.4) is 0 Å². The molecular weight excluding hydrogens is 359 g/mol. The van der Waals surface area contributed by atoms with Crippen molar-refractivity contribution in [3.63, 3.8) is 0 Å². The highest BCUT2D eigenvalue weighted by molar-refractivity contribution is 5.94. The molecule has 1 unspecified atom stereocenters. The van der Waals surface area contributed by atoms with E-state index in [1.165, 1.54) is 12.1 Å². The second kappa shape index (κ2) is 9.35. The number of benzene rings is 2. The van der Waals surface area contributed by atoms with Crippen molar-refractivity contribution in [2.75, 3.05) is 13.1 Å². The topological polar surface area (TPSA) is 72.6 Å². The van der Waals surface area contributed by atoms with Crippen LogP contribution in [-0.2, 0) is 11.4 Å². The third-order valence-corrected chi connectivity index (χ3v) is 5.00. The highest BCUT2D eigenvalue weighted by Crippen LogP contribution is 2.23. The van der Waals surface area contributed by atoms with Crippen LogP contribution in [0.5, 0.6) is 5.75 Å². The van der Waals surface area contributed by atoms with Crippen LogP contribution in [0.1, 0.15) is 41.6 Å². The summed E-state index contributed by atoms with van der Waals surface area (Å²) >= 11 is 0. The molecule has 0 aromatic heterocycles. The molecule has 1 aliphatic rings. The van der Waals surface area contributed by atoms with Crippen LogP contribution in [0.15, 0.2) is 48.5 Å². The molecule has 0 aliphatic carbocycles. The molecule has 0 radical (unpaired) electrons. The van der Waals surface area contributed by atoms with Gasteiger partial charge in [-0.25, -0.2) is 4.39 Å². The normalized spacial score (nSPS) is 16.6. The van der Waals surface area contributed by atoms with Crippen molar-refractivity contribution in [1.29, 1.82) is 0 Å². The molecule has 3 rings (SSSR count). The van der Waals surface area contributed by atoms with Gasteiger partial charge >= 0.3 is 0 Å². The molecule has 148 valence electrons. The molecule has 1 heterocycles. The fourth-order valence-electron chi connectivity index (χ4n) is 3.48. The van der Waals surface area contributed by atoms with Gasteiger partial charge in [-0.05, 0) is 61.1 Å². The highest BCUT2D eigenvalue weighted by atomic mass is 19.1. The van der Waals surface area contributed by atoms with E-state index in [2.05, 4.69) is 0 Å². The number of carbonyl (C=O) groups excluding carboxylic acids is 2. The first-order chi connectivity index (χ1) is 13.5. The van der Waals surface area contributed by atoms with Crippen molar-refractivity contribution in [2.24, 2.45) is 11.7 Å². The number of likely N-dealkylation sites (tertiary alicyclic amines) is 1. The van der Waals surface area contributed by atoms with Gasteiger partial charge in [0.25, 0.3) is 5.91 Å². The van der Waals surface area contributed by atoms with Crippen molar-refractivity contribution in [2.45, 2.75) is 32.3 Å². The Bertz CT molecular complexity index is 823. The Morgan fingerprint density at radius 3 is 2.71 bits per heavy atom. The minimum atomic E-state index is -0.297. The molecule has 0 bridgehead atoms. The number of amides is 2. The second-order valence-electron chi connectivity index (χ2n) is 7.21. The maximum atomic E-state index is 13.0. The third kappa shape index (κ3) is 5.55. The van der Waals surface area contributed by atoms with E-state index in [9.17, 15) is 14.0 Å². The summed E-state index contributed by atoms with van der Waals surface area (Å²) in [5.74, 6) is 0.290. The smallest absolute Gasteiger partial charge is 0.253 e. The summed E-state index contributed by atoms with van der Waals surface area (Å²) in [6.07, 6.45) is 3.02. The zero-order chi connectivity index (χ0) is 19.9. The summed E-state index contributed by atoms with van der Waals surface area (Å²) in [5.41, 5.74) is 6.67. The van der Waals surface area contributed by atoms with Gasteiger partial charge in [-0.15, -0.1) is 0 Å². The van der Waals surface area contributed by atoms with Crippen LogP contribution in [-0.4, -0.2) is 29.8 Å². The quantitative estimate of drug-likeness (QED) is 0.794. The number of halogens is 1. The Kier molecular flexibility index (Phi) is 6.63. The van der Waals surface area contributed by atoms with E-state index in [1.807, 2.05) is 4.90 Å². The molecule has 1 aliphatic heterocycles. The third-order valence-electron chi connectivity index (χ3n) is 5.00. The van der Waals surface area contributed by atoms with Crippen LogP contribution in [0.2, 0.25) is 0 Å². The lowest BCUT2D eigenvalue weighted by atomic mass is 9.93. The van der Waals surface area contributed by atoms with E-state index in [4.69, 9.17) is 10.5 Å². The van der Waals surface area contributed by atoms with Gasteiger partial charge < -0.3 is 15.4 Å². The lowest BCUT2D eigenvalue weighted by molar-refractivity contribution is -0.118. The zero-order valence-electron chi connectivity index (χ0n) is 15.8. The first-order valence-electron chi connectivity index (χ1n) is 9.56. The molecule has 1 fully saturated rings. The van der Waals surface area contributed by atoms with Crippen molar-refractivity contribution in [3.8, 4) is 5.75 Å². The molecular formula is C22H25FN2O3. The standard InChI is InChI=1S/C22H25FN2O3/c23-19-9-6-17(7-10-19)15-28-20-5-1-4-18(13-20)22(27)25-12-2-3-16(14-25)8-11-21(24)26/h1,4-7,9-10,13,16H,2-3,8,11-12,14-15H2,(H2,24,26). The Morgan fingerprint density at radius 2 is 1.96 bits per heavy atom. The number of carbonyl (C=O) groups is 2. The van der Waals surface area contributed by atoms with Crippen LogP contribution in [0, 0.1) is 11.7 Å². The van der Waals surface area contributed by atoms with Gasteiger partial charge in [0.2, 0.25) is 5.91 Å². The molecule has 5 nitrogen and oxygen atoms in total. The summed E-state index contributed by atoms with van der Waals surface area (Å²) in [7, 11) is 0. The predicted octanol–water partition coefficient (Wildman–Crippen LogP) is 3.52. The monoisotopic (exact) mass is 384 g/mol. The first-order valence-corrected chi connectivity index (χ1v) is 9.56. The highest BCUT2D eigenvalue weighted by Gasteiger charge is 2.24. The van der Waals surface area contributed by atoms with E-state index in [1.54, 1.807) is 36.4 Å². The first kappa shape index (κ1) is 19.9. The van der Waals surface area contributed by atoms with Crippen molar-refractivity contribution in [3.05, 3.63) is 65.5 Å². The minimum Gasteiger partial charge on any atom is -0.489 e. The number of nitrogens with two attached hydrogens (primary N) is 1. The fraction of sp³-hybridized carbons (Fsp3) is 0.364. The Morgan fingerprint density at radius 1 is 1.18 bits per heavy atom. The van der Waals surface area contributed by atoms with E-state index >= 15 is 0 Å². The number of ether oxygens (including phenoxy) is 1. The molecule has 2 aromatic rings. The summed E-state index contributed by atoms with van der Waals surface area (Å²) in [6, 6.07) is 13.2. The van der Waals surface area contributed by atoms with E-state index < -0.39 is 0 Å². The lowest BCUT2D eigenvalue weighted by Crippen LogP contribution is -2.40. The molecule has 2 N–H and O–H groups in total. The van der Waals surface area contributed by atoms with Gasteiger partial charge in [-0.3, -0.25) is 9.59 Å². The molecule has 0 spiro atoms. The summed E-state index contributed by atoms with van der Waals surface area (Å²) < 4.78 is 18.7. The van der Waals surface area contributed by atoms with Gasteiger partial charge in [-0.2, -0.15) is 0 Å². The minimum absolute atomic E-state index is 0.0315. The van der Waals surface area contributed by atoms with Gasteiger partial charge in [0.05, 0.1) is 0 Å². The number of rotatable bonds is 7. The summed E-state index contributed by atoms with van der Waals surface area (Å²) in [6.45, 7) is 1.66. The SMILES string of the molecule is NC(=O)CCC1CCCN(C(=O)c2cccc(OCc3ccc(F)cc3)c2)C1. The number of nitrogens with zero attached hydrogens (tertiary/aromatic N) is 1. The van der Waals surface area contributed by atoms with E-state index in [0.717, 1.165) is 24.8 Å².